The number of nitrogens with one attached hydrogen (secondary N) is 1. The van der Waals surface area contributed by atoms with Gasteiger partial charge in [0.15, 0.2) is 59.3 Å². The normalized spacial score (nSPS) is 21.2. The van der Waals surface area contributed by atoms with Crippen LogP contribution in [0.3, 0.4) is 0 Å². The second-order valence-corrected chi connectivity index (χ2v) is 28.0. The summed E-state index contributed by atoms with van der Waals surface area (Å²) < 4.78 is 128. The molecule has 0 aliphatic carbocycles. The number of fused-ring (bicyclic) bond motifs is 4. The molecule has 580 valence electrons. The van der Waals surface area contributed by atoms with Crippen molar-refractivity contribution in [1.82, 2.24) is 9.88 Å². The molecule has 107 heavy (non-hydrogen) atoms. The summed E-state index contributed by atoms with van der Waals surface area (Å²) in [4.78, 5) is 140. The van der Waals surface area contributed by atoms with Gasteiger partial charge in [0.2, 0.25) is 24.8 Å². The van der Waals surface area contributed by atoms with Crippen molar-refractivity contribution in [3.63, 3.8) is 0 Å². The summed E-state index contributed by atoms with van der Waals surface area (Å²) in [5.41, 5.74) is 8.15. The predicted molar refractivity (Wildman–Crippen MR) is 372 cm³/mol. The Balaban J connectivity index is 1.19. The number of ether oxygens (including phenoxy) is 15. The first-order chi connectivity index (χ1) is 50.4. The summed E-state index contributed by atoms with van der Waals surface area (Å²) in [6.45, 7) is 16.0. The van der Waals surface area contributed by atoms with Crippen LogP contribution in [-0.4, -0.2) is 212 Å². The van der Waals surface area contributed by atoms with Crippen LogP contribution in [0.4, 0.5) is 5.69 Å². The van der Waals surface area contributed by atoms with Crippen molar-refractivity contribution in [3.8, 4) is 34.5 Å². The first-order valence-electron chi connectivity index (χ1n) is 33.2. The number of carbonyl (C=O) groups is 10. The fourth-order valence-corrected chi connectivity index (χ4v) is 13.3. The Morgan fingerprint density at radius 3 is 1.83 bits per heavy atom. The summed E-state index contributed by atoms with van der Waals surface area (Å²) in [5.74, 6) is -11.3. The van der Waals surface area contributed by atoms with Crippen LogP contribution in [0, 0.1) is 10.8 Å². The van der Waals surface area contributed by atoms with Gasteiger partial charge in [0, 0.05) is 131 Å². The first-order valence-corrected chi connectivity index (χ1v) is 35.1. The summed E-state index contributed by atoms with van der Waals surface area (Å²) in [5, 5.41) is 4.45. The number of hydrogen-bond donors (Lipinski definition) is 1. The number of halogens is 1. The molecule has 4 heterocycles. The number of alkyl halides is 1. The zero-order valence-electron chi connectivity index (χ0n) is 61.1. The summed E-state index contributed by atoms with van der Waals surface area (Å²) in [6.07, 6.45) is -17.5. The minimum absolute atomic E-state index is 0.0243. The Morgan fingerprint density at radius 2 is 1.24 bits per heavy atom. The lowest BCUT2D eigenvalue weighted by atomic mass is 9.92. The highest BCUT2D eigenvalue weighted by molar-refractivity contribution is 7.82. The zero-order chi connectivity index (χ0) is 78.7. The summed E-state index contributed by atoms with van der Waals surface area (Å²) in [7, 11) is -1.64. The maximum atomic E-state index is 15.3. The average Bonchev–Trinajstić information content (AvgIpc) is 1.63. The van der Waals surface area contributed by atoms with E-state index in [-0.39, 0.29) is 90.4 Å². The van der Waals surface area contributed by atoms with E-state index in [0.29, 0.717) is 16.3 Å². The van der Waals surface area contributed by atoms with Gasteiger partial charge in [-0.25, -0.2) is 4.79 Å². The molecule has 2 saturated heterocycles. The number of esters is 8. The van der Waals surface area contributed by atoms with Crippen LogP contribution in [0.1, 0.15) is 115 Å². The second kappa shape index (κ2) is 34.9. The van der Waals surface area contributed by atoms with E-state index in [9.17, 15) is 43.2 Å². The number of rotatable bonds is 31. The van der Waals surface area contributed by atoms with Crippen LogP contribution < -0.4 is 32.2 Å². The average molecular weight is 1540 g/mol. The maximum absolute atomic E-state index is 15.3. The standard InChI is InChI=1S/C70H83ClN6O29S/c1-16-93-52-23-42-21-48(74-47(42)25-53(52)102-68-63(100-40(8)84)60(98-38(6)82)59(97-37(5)81)61(104-68)66(87)91-15)65(86)77-28-43(27-71)56-46-24-44(90-14)18-19-45(46)51(26-49(56)77)105-107(88,89)106-54-22-41(64(85)76(13)31-70(11,12)33-92-32-69(9,10)30-73-75-72)17-20-50(54)101-67-62(99-39(7)83)58(96-36(4)80)57(95-35(3)79)55(103-67)29-94-34(2)78/h17-26,43,55,57-63,67-68,74H,16,27-33H2,1-15H3/t43-,55-,57-,58+,59+,60+,61+,62-,63-,67-,68?/m1/s1. The lowest BCUT2D eigenvalue weighted by Gasteiger charge is -2.44. The fraction of sp³-hybridized carbons (Fsp3) is 0.514. The molecule has 0 bridgehead atoms. The van der Waals surface area contributed by atoms with Gasteiger partial charge in [0.25, 0.3) is 11.8 Å². The largest absolute Gasteiger partial charge is 0.501 e. The lowest BCUT2D eigenvalue weighted by molar-refractivity contribution is -0.288. The minimum Gasteiger partial charge on any atom is -0.497 e. The number of carbonyl (C=O) groups excluding carboxylic acids is 10. The van der Waals surface area contributed by atoms with Crippen molar-refractivity contribution in [1.29, 1.82) is 0 Å². The maximum Gasteiger partial charge on any atom is 0.501 e. The van der Waals surface area contributed by atoms with E-state index in [0.717, 1.165) is 67.7 Å². The summed E-state index contributed by atoms with van der Waals surface area (Å²) in [6, 6.07) is 13.6. The highest BCUT2D eigenvalue weighted by Gasteiger charge is 2.57. The van der Waals surface area contributed by atoms with Gasteiger partial charge in [0.1, 0.15) is 24.2 Å². The molecule has 3 aliphatic heterocycles. The molecular formula is C70H83ClN6O29S. The number of hydrogen-bond acceptors (Lipinski definition) is 30. The van der Waals surface area contributed by atoms with Gasteiger partial charge >= 0.3 is 58.2 Å². The Kier molecular flexibility index (Phi) is 26.8. The van der Waals surface area contributed by atoms with Crippen LogP contribution in [0.25, 0.3) is 32.1 Å². The molecule has 1 N–H and O–H groups in total. The highest BCUT2D eigenvalue weighted by atomic mass is 35.5. The smallest absolute Gasteiger partial charge is 0.497 e. The van der Waals surface area contributed by atoms with Crippen molar-refractivity contribution in [3.05, 3.63) is 87.9 Å². The summed E-state index contributed by atoms with van der Waals surface area (Å²) >= 11 is 6.74. The van der Waals surface area contributed by atoms with Crippen molar-refractivity contribution < 1.29 is 136 Å². The van der Waals surface area contributed by atoms with E-state index in [2.05, 4.69) is 15.0 Å². The molecule has 1 unspecified atom stereocenters. The van der Waals surface area contributed by atoms with E-state index >= 15 is 13.2 Å². The van der Waals surface area contributed by atoms with Crippen molar-refractivity contribution >= 4 is 109 Å². The van der Waals surface area contributed by atoms with Gasteiger partial charge in [-0.3, -0.25) is 43.2 Å². The van der Waals surface area contributed by atoms with E-state index in [4.69, 9.17) is 96.6 Å². The van der Waals surface area contributed by atoms with Crippen LogP contribution in [0.5, 0.6) is 34.5 Å². The van der Waals surface area contributed by atoms with Crippen LogP contribution >= 0.6 is 11.6 Å². The van der Waals surface area contributed by atoms with E-state index in [1.807, 2.05) is 27.7 Å². The van der Waals surface area contributed by atoms with Crippen LogP contribution in [-0.2, 0) is 101 Å². The highest BCUT2D eigenvalue weighted by Crippen LogP contribution is 2.48. The van der Waals surface area contributed by atoms with Crippen LogP contribution in [0.2, 0.25) is 0 Å². The second-order valence-electron chi connectivity index (χ2n) is 26.6. The zero-order valence-corrected chi connectivity index (χ0v) is 62.7. The molecule has 2 amide bonds. The number of aromatic nitrogens is 1. The van der Waals surface area contributed by atoms with Crippen molar-refractivity contribution in [2.45, 2.75) is 150 Å². The molecule has 8 rings (SSSR count). The third-order valence-corrected chi connectivity index (χ3v) is 17.6. The Hall–Kier alpha value is -10.4. The molecule has 0 spiro atoms. The molecule has 2 fully saturated rings. The Bertz CT molecular complexity index is 4390. The molecule has 5 aromatic rings. The number of azide groups is 1. The van der Waals surface area contributed by atoms with Gasteiger partial charge in [-0.15, -0.1) is 20.0 Å². The first kappa shape index (κ1) is 82.3. The lowest BCUT2D eigenvalue weighted by Crippen LogP contribution is -2.64. The number of nitrogens with zero attached hydrogens (tertiary/aromatic N) is 5. The molecule has 37 heteroatoms. The molecular weight excluding hydrogens is 1460 g/mol. The van der Waals surface area contributed by atoms with Crippen molar-refractivity contribution in [2.24, 2.45) is 15.9 Å². The molecule has 1 aromatic heterocycles. The monoisotopic (exact) mass is 1540 g/mol. The molecule has 0 radical (unpaired) electrons. The van der Waals surface area contributed by atoms with Gasteiger partial charge in [-0.2, -0.15) is 0 Å². The fourth-order valence-electron chi connectivity index (χ4n) is 12.3. The number of benzene rings is 4. The third kappa shape index (κ3) is 20.6. The predicted octanol–water partition coefficient (Wildman–Crippen LogP) is 7.40. The van der Waals surface area contributed by atoms with Gasteiger partial charge in [0.05, 0.1) is 39.7 Å². The number of aromatic amines is 1. The molecule has 3 aliphatic rings. The van der Waals surface area contributed by atoms with Gasteiger partial charge in [-0.1, -0.05) is 32.8 Å². The minimum atomic E-state index is -5.54. The van der Waals surface area contributed by atoms with E-state index in [1.165, 1.54) is 66.4 Å². The Morgan fingerprint density at radius 1 is 0.664 bits per heavy atom. The molecule has 0 saturated carbocycles. The molecule has 4 aromatic carbocycles. The van der Waals surface area contributed by atoms with Gasteiger partial charge in [-0.05, 0) is 77.4 Å². The number of amides is 2. The van der Waals surface area contributed by atoms with E-state index in [1.54, 1.807) is 13.0 Å². The number of methoxy groups -OCH3 is 2. The SMILES string of the molecule is CCOc1cc2cc(C(=O)N3C[C@@H](CCl)c4c3cc(OS(=O)(=O)Oc3cc(C(=O)N(C)CC(C)(C)COCC(C)(C)CN=[N+]=[N-])ccc3O[C@@H]3O[C@H](COC(C)=O)[C@@H](OC(C)=O)[C@H](OC(C)=O)[C@H]3OC(C)=O)c3ccc(OC)cc43)[nH]c2cc1OC1O[C@H](C(=O)OC)[C@@H](OC(C)=O)[C@H](OC(C)=O)[C@H]1OC(C)=O. The Labute approximate surface area is 618 Å². The van der Waals surface area contributed by atoms with Gasteiger partial charge < -0.3 is 94.2 Å². The number of H-pyrrole nitrogens is 1. The van der Waals surface area contributed by atoms with Crippen LogP contribution in [0.15, 0.2) is 65.8 Å². The van der Waals surface area contributed by atoms with E-state index < -0.39 is 172 Å². The topological polar surface area (TPSA) is 433 Å². The van der Waals surface area contributed by atoms with Crippen molar-refractivity contribution in [2.75, 3.05) is 78.1 Å². The quantitative estimate of drug-likeness (QED) is 0.0113. The third-order valence-electron chi connectivity index (χ3n) is 16.5. The number of anilines is 1. The molecule has 11 atom stereocenters. The molecule has 35 nitrogen and oxygen atoms in total.